The van der Waals surface area contributed by atoms with E-state index in [9.17, 15) is 9.59 Å². The molecule has 1 fully saturated rings. The van der Waals surface area contributed by atoms with Gasteiger partial charge in [0.15, 0.2) is 11.5 Å². The van der Waals surface area contributed by atoms with Gasteiger partial charge in [-0.1, -0.05) is 18.2 Å². The zero-order valence-corrected chi connectivity index (χ0v) is 17.4. The molecule has 3 aromatic rings. The maximum Gasteiger partial charge on any atom is 0.261 e. The molecule has 1 amide bonds. The topological polar surface area (TPSA) is 76.9 Å². The Bertz CT molecular complexity index is 1180. The van der Waals surface area contributed by atoms with Gasteiger partial charge in [-0.25, -0.2) is 4.98 Å². The van der Waals surface area contributed by atoms with Crippen molar-refractivity contribution < 1.29 is 14.3 Å². The molecule has 2 aromatic carbocycles. The van der Waals surface area contributed by atoms with Crippen molar-refractivity contribution in [2.24, 2.45) is 0 Å². The number of hydrogen-bond acceptors (Lipinski definition) is 6. The van der Waals surface area contributed by atoms with Crippen LogP contribution in [-0.4, -0.2) is 58.2 Å². The minimum Gasteiger partial charge on any atom is -0.454 e. The fourth-order valence-electron chi connectivity index (χ4n) is 4.17. The van der Waals surface area contributed by atoms with Crippen molar-refractivity contribution in [3.05, 3.63) is 64.7 Å². The molecule has 8 heteroatoms. The number of aromatic nitrogens is 2. The van der Waals surface area contributed by atoms with Gasteiger partial charge in [-0.15, -0.1) is 0 Å². The third-order valence-electron chi connectivity index (χ3n) is 5.99. The molecule has 5 rings (SSSR count). The van der Waals surface area contributed by atoms with Gasteiger partial charge in [0, 0.05) is 32.7 Å². The Hall–Kier alpha value is -3.39. The van der Waals surface area contributed by atoms with Crippen LogP contribution < -0.4 is 15.0 Å². The summed E-state index contributed by atoms with van der Waals surface area (Å²) in [6.45, 7) is 5.64. The van der Waals surface area contributed by atoms with Crippen LogP contribution in [0.4, 0.5) is 0 Å². The number of amides is 1. The number of para-hydroxylation sites is 1. The molecule has 0 saturated carbocycles. The van der Waals surface area contributed by atoms with Crippen molar-refractivity contribution in [3.8, 4) is 11.5 Å². The smallest absolute Gasteiger partial charge is 0.261 e. The quantitative estimate of drug-likeness (QED) is 0.643. The minimum atomic E-state index is -0.593. The number of nitrogens with zero attached hydrogens (tertiary/aromatic N) is 4. The first kappa shape index (κ1) is 19.6. The summed E-state index contributed by atoms with van der Waals surface area (Å²) in [7, 11) is 0. The highest BCUT2D eigenvalue weighted by atomic mass is 16.7. The number of carbonyl (C=O) groups excluding carboxylic acids is 1. The maximum atomic E-state index is 13.1. The Balaban J connectivity index is 1.23. The van der Waals surface area contributed by atoms with E-state index >= 15 is 0 Å². The van der Waals surface area contributed by atoms with Crippen LogP contribution in [0.1, 0.15) is 18.5 Å². The minimum absolute atomic E-state index is 0.0538. The summed E-state index contributed by atoms with van der Waals surface area (Å²) in [5.74, 6) is 1.52. The molecular formula is C23H24N4O4. The monoisotopic (exact) mass is 420 g/mol. The van der Waals surface area contributed by atoms with Gasteiger partial charge in [0.05, 0.1) is 17.2 Å². The first-order valence-electron chi connectivity index (χ1n) is 10.5. The predicted octanol–water partition coefficient (Wildman–Crippen LogP) is 2.03. The lowest BCUT2D eigenvalue weighted by Crippen LogP contribution is -2.50. The molecule has 0 spiro atoms. The highest BCUT2D eigenvalue weighted by molar-refractivity contribution is 5.81. The third kappa shape index (κ3) is 3.74. The van der Waals surface area contributed by atoms with E-state index in [1.807, 2.05) is 35.2 Å². The molecule has 2 aliphatic rings. The Morgan fingerprint density at radius 1 is 1.06 bits per heavy atom. The van der Waals surface area contributed by atoms with Gasteiger partial charge >= 0.3 is 0 Å². The number of rotatable bonds is 4. The zero-order chi connectivity index (χ0) is 21.4. The van der Waals surface area contributed by atoms with Crippen molar-refractivity contribution in [2.75, 3.05) is 33.0 Å². The van der Waals surface area contributed by atoms with E-state index in [1.165, 1.54) is 10.9 Å². The van der Waals surface area contributed by atoms with Crippen LogP contribution in [-0.2, 0) is 11.3 Å². The van der Waals surface area contributed by atoms with Gasteiger partial charge in [-0.2, -0.15) is 0 Å². The Kier molecular flexibility index (Phi) is 5.07. The highest BCUT2D eigenvalue weighted by Crippen LogP contribution is 2.32. The molecule has 0 N–H and O–H groups in total. The van der Waals surface area contributed by atoms with E-state index in [0.717, 1.165) is 36.7 Å². The largest absolute Gasteiger partial charge is 0.454 e. The van der Waals surface area contributed by atoms with Crippen LogP contribution in [0.25, 0.3) is 10.9 Å². The van der Waals surface area contributed by atoms with Gasteiger partial charge < -0.3 is 14.4 Å². The summed E-state index contributed by atoms with van der Waals surface area (Å²) in [5, 5.41) is 0.526. The summed E-state index contributed by atoms with van der Waals surface area (Å²) in [6.07, 6.45) is 1.48. The molecule has 3 heterocycles. The Morgan fingerprint density at radius 3 is 2.68 bits per heavy atom. The SMILES string of the molecule is CC(C(=O)N1CCN(Cc2ccc3c(c2)OCO3)CC1)n1cnc2ccccc2c1=O. The van der Waals surface area contributed by atoms with Crippen LogP contribution in [0.5, 0.6) is 11.5 Å². The number of piperazine rings is 1. The molecule has 1 unspecified atom stereocenters. The van der Waals surface area contributed by atoms with Crippen LogP contribution in [0.3, 0.4) is 0 Å². The average Bonchev–Trinajstić information content (AvgIpc) is 3.27. The lowest BCUT2D eigenvalue weighted by atomic mass is 10.1. The zero-order valence-electron chi connectivity index (χ0n) is 17.4. The predicted molar refractivity (Wildman–Crippen MR) is 115 cm³/mol. The van der Waals surface area contributed by atoms with E-state index in [-0.39, 0.29) is 18.3 Å². The third-order valence-corrected chi connectivity index (χ3v) is 5.99. The second-order valence-electron chi connectivity index (χ2n) is 7.94. The molecule has 2 aliphatic heterocycles. The van der Waals surface area contributed by atoms with Gasteiger partial charge in [0.2, 0.25) is 12.7 Å². The summed E-state index contributed by atoms with van der Waals surface area (Å²) in [6, 6.07) is 12.6. The van der Waals surface area contributed by atoms with Crippen molar-refractivity contribution in [3.63, 3.8) is 0 Å². The summed E-state index contributed by atoms with van der Waals surface area (Å²) < 4.78 is 12.3. The normalized spacial score (nSPS) is 17.1. The number of carbonyl (C=O) groups is 1. The first-order valence-corrected chi connectivity index (χ1v) is 10.5. The number of ether oxygens (including phenoxy) is 2. The average molecular weight is 420 g/mol. The standard InChI is InChI=1S/C23H24N4O4/c1-16(27-14-24-19-5-3-2-4-18(19)23(27)29)22(28)26-10-8-25(9-11-26)13-17-6-7-20-21(12-17)31-15-30-20/h2-7,12,14,16H,8-11,13,15H2,1H3. The fourth-order valence-corrected chi connectivity index (χ4v) is 4.17. The highest BCUT2D eigenvalue weighted by Gasteiger charge is 2.27. The second-order valence-corrected chi connectivity index (χ2v) is 7.94. The van der Waals surface area contributed by atoms with Crippen molar-refractivity contribution in [2.45, 2.75) is 19.5 Å². The van der Waals surface area contributed by atoms with Gasteiger partial charge in [0.25, 0.3) is 5.56 Å². The van der Waals surface area contributed by atoms with E-state index in [2.05, 4.69) is 9.88 Å². The lowest BCUT2D eigenvalue weighted by molar-refractivity contribution is -0.136. The number of benzene rings is 2. The second kappa shape index (κ2) is 8.03. The first-order chi connectivity index (χ1) is 15.1. The Labute approximate surface area is 179 Å². The molecule has 160 valence electrons. The number of hydrogen-bond donors (Lipinski definition) is 0. The van der Waals surface area contributed by atoms with Crippen LogP contribution >= 0.6 is 0 Å². The number of fused-ring (bicyclic) bond motifs is 2. The van der Waals surface area contributed by atoms with Crippen LogP contribution in [0.15, 0.2) is 53.6 Å². The van der Waals surface area contributed by atoms with Crippen LogP contribution in [0, 0.1) is 0 Å². The van der Waals surface area contributed by atoms with E-state index in [1.54, 1.807) is 19.1 Å². The van der Waals surface area contributed by atoms with Gasteiger partial charge in [0.1, 0.15) is 6.04 Å². The van der Waals surface area contributed by atoms with Crippen molar-refractivity contribution >= 4 is 16.8 Å². The van der Waals surface area contributed by atoms with E-state index in [0.29, 0.717) is 24.0 Å². The maximum absolute atomic E-state index is 13.1. The lowest BCUT2D eigenvalue weighted by Gasteiger charge is -2.36. The molecule has 1 atom stereocenters. The van der Waals surface area contributed by atoms with E-state index < -0.39 is 6.04 Å². The van der Waals surface area contributed by atoms with Crippen molar-refractivity contribution in [1.82, 2.24) is 19.4 Å². The molecule has 1 aromatic heterocycles. The van der Waals surface area contributed by atoms with Gasteiger partial charge in [-0.05, 0) is 36.8 Å². The summed E-state index contributed by atoms with van der Waals surface area (Å²) in [5.41, 5.74) is 1.61. The molecule has 0 aliphatic carbocycles. The van der Waals surface area contributed by atoms with Crippen LogP contribution in [0.2, 0.25) is 0 Å². The molecule has 31 heavy (non-hydrogen) atoms. The summed E-state index contributed by atoms with van der Waals surface area (Å²) in [4.78, 5) is 34.4. The molecule has 1 saturated heterocycles. The van der Waals surface area contributed by atoms with Crippen molar-refractivity contribution in [1.29, 1.82) is 0 Å². The molecule has 8 nitrogen and oxygen atoms in total. The van der Waals surface area contributed by atoms with Gasteiger partial charge in [-0.3, -0.25) is 19.1 Å². The summed E-state index contributed by atoms with van der Waals surface area (Å²) >= 11 is 0. The molecular weight excluding hydrogens is 396 g/mol. The fraction of sp³-hybridized carbons (Fsp3) is 0.348. The molecule has 0 bridgehead atoms. The molecule has 0 radical (unpaired) electrons. The Morgan fingerprint density at radius 2 is 1.84 bits per heavy atom. The van der Waals surface area contributed by atoms with E-state index in [4.69, 9.17) is 9.47 Å².